The van der Waals surface area contributed by atoms with Gasteiger partial charge in [-0.15, -0.1) is 0 Å². The molecule has 0 bridgehead atoms. The van der Waals surface area contributed by atoms with Gasteiger partial charge in [0.05, 0.1) is 23.4 Å². The molecule has 0 aromatic rings. The zero-order valence-electron chi connectivity index (χ0n) is 12.8. The van der Waals surface area contributed by atoms with Crippen LogP contribution in [0, 0.1) is 0 Å². The highest BCUT2D eigenvalue weighted by Gasteiger charge is 2.55. The van der Waals surface area contributed by atoms with Crippen LogP contribution in [-0.2, 0) is 9.47 Å². The molecule has 3 heteroatoms. The topological polar surface area (TPSA) is 21.7 Å². The van der Waals surface area contributed by atoms with Crippen LogP contribution in [0.15, 0.2) is 0 Å². The predicted molar refractivity (Wildman–Crippen MR) is 76.4 cm³/mol. The molecule has 0 radical (unpaired) electrons. The van der Waals surface area contributed by atoms with Crippen molar-refractivity contribution in [2.24, 2.45) is 0 Å². The van der Waals surface area contributed by atoms with E-state index in [1.54, 1.807) is 0 Å². The summed E-state index contributed by atoms with van der Waals surface area (Å²) in [6.45, 7) is 11.2. The van der Waals surface area contributed by atoms with E-state index in [-0.39, 0.29) is 16.8 Å². The van der Waals surface area contributed by atoms with Crippen molar-refractivity contribution >= 4 is 0 Å². The van der Waals surface area contributed by atoms with Crippen LogP contribution in [0.3, 0.4) is 0 Å². The number of hydrogen-bond acceptors (Lipinski definition) is 3. The van der Waals surface area contributed by atoms with Gasteiger partial charge in [0.25, 0.3) is 0 Å². The number of rotatable bonds is 2. The molecule has 3 aliphatic heterocycles. The Balaban J connectivity index is 1.60. The summed E-state index contributed by atoms with van der Waals surface area (Å²) >= 11 is 0. The molecule has 3 rings (SSSR count). The first kappa shape index (κ1) is 13.8. The molecule has 3 saturated heterocycles. The zero-order chi connectivity index (χ0) is 13.6. The summed E-state index contributed by atoms with van der Waals surface area (Å²) in [6.07, 6.45) is 7.13. The fourth-order valence-corrected chi connectivity index (χ4v) is 4.24. The molecule has 3 heterocycles. The molecule has 19 heavy (non-hydrogen) atoms. The Morgan fingerprint density at radius 1 is 1.00 bits per heavy atom. The average molecular weight is 267 g/mol. The van der Waals surface area contributed by atoms with E-state index in [4.69, 9.17) is 9.47 Å². The van der Waals surface area contributed by atoms with E-state index in [0.29, 0.717) is 0 Å². The Morgan fingerprint density at radius 3 is 2.32 bits per heavy atom. The van der Waals surface area contributed by atoms with E-state index >= 15 is 0 Å². The van der Waals surface area contributed by atoms with Gasteiger partial charge in [0.1, 0.15) is 0 Å². The van der Waals surface area contributed by atoms with Crippen molar-refractivity contribution in [3.05, 3.63) is 0 Å². The molecule has 2 spiro atoms. The SMILES string of the molecule is CCCN1CCC2(CC1)CC1(CCC(C)(C)O1)CO2. The van der Waals surface area contributed by atoms with Crippen LogP contribution in [0.25, 0.3) is 0 Å². The second-order valence-electron chi connectivity index (χ2n) is 7.53. The lowest BCUT2D eigenvalue weighted by molar-refractivity contribution is -0.0877. The van der Waals surface area contributed by atoms with E-state index in [1.807, 2.05) is 0 Å². The molecule has 3 nitrogen and oxygen atoms in total. The maximum atomic E-state index is 6.36. The highest BCUT2D eigenvalue weighted by atomic mass is 16.6. The average Bonchev–Trinajstić information content (AvgIpc) is 2.85. The van der Waals surface area contributed by atoms with Gasteiger partial charge >= 0.3 is 0 Å². The van der Waals surface area contributed by atoms with E-state index in [2.05, 4.69) is 25.7 Å². The number of nitrogens with zero attached hydrogens (tertiary/aromatic N) is 1. The minimum Gasteiger partial charge on any atom is -0.372 e. The van der Waals surface area contributed by atoms with Crippen LogP contribution in [-0.4, -0.2) is 47.9 Å². The largest absolute Gasteiger partial charge is 0.372 e. The maximum Gasteiger partial charge on any atom is 0.0950 e. The van der Waals surface area contributed by atoms with Crippen LogP contribution in [0.1, 0.15) is 59.3 Å². The Bertz CT molecular complexity index is 334. The number of hydrogen-bond donors (Lipinski definition) is 0. The van der Waals surface area contributed by atoms with Crippen molar-refractivity contribution < 1.29 is 9.47 Å². The van der Waals surface area contributed by atoms with Crippen molar-refractivity contribution in [2.45, 2.75) is 76.1 Å². The summed E-state index contributed by atoms with van der Waals surface area (Å²) < 4.78 is 12.6. The first-order valence-electron chi connectivity index (χ1n) is 8.03. The summed E-state index contributed by atoms with van der Waals surface area (Å²) in [5, 5.41) is 0. The molecule has 110 valence electrons. The highest BCUT2D eigenvalue weighted by molar-refractivity contribution is 5.05. The van der Waals surface area contributed by atoms with Crippen molar-refractivity contribution in [3.63, 3.8) is 0 Å². The van der Waals surface area contributed by atoms with Crippen molar-refractivity contribution in [1.29, 1.82) is 0 Å². The number of ether oxygens (including phenoxy) is 2. The fraction of sp³-hybridized carbons (Fsp3) is 1.00. The van der Waals surface area contributed by atoms with Gasteiger partial charge in [0.15, 0.2) is 0 Å². The van der Waals surface area contributed by atoms with Gasteiger partial charge in [-0.05, 0) is 52.5 Å². The second kappa shape index (κ2) is 4.71. The van der Waals surface area contributed by atoms with Crippen molar-refractivity contribution in [3.8, 4) is 0 Å². The van der Waals surface area contributed by atoms with E-state index < -0.39 is 0 Å². The molecule has 0 amide bonds. The Hall–Kier alpha value is -0.120. The van der Waals surface area contributed by atoms with Crippen LogP contribution in [0.4, 0.5) is 0 Å². The Morgan fingerprint density at radius 2 is 1.74 bits per heavy atom. The lowest BCUT2D eigenvalue weighted by Gasteiger charge is -2.39. The molecule has 0 aliphatic carbocycles. The smallest absolute Gasteiger partial charge is 0.0950 e. The molecule has 0 saturated carbocycles. The van der Waals surface area contributed by atoms with E-state index in [0.717, 1.165) is 13.0 Å². The molecule has 3 aliphatic rings. The first-order valence-corrected chi connectivity index (χ1v) is 8.03. The molecule has 3 fully saturated rings. The van der Waals surface area contributed by atoms with Gasteiger partial charge < -0.3 is 14.4 Å². The summed E-state index contributed by atoms with van der Waals surface area (Å²) in [5.41, 5.74) is 0.221. The summed E-state index contributed by atoms with van der Waals surface area (Å²) in [5.74, 6) is 0. The van der Waals surface area contributed by atoms with Gasteiger partial charge in [0, 0.05) is 19.5 Å². The third-order valence-corrected chi connectivity index (χ3v) is 5.27. The Labute approximate surface area is 117 Å². The molecule has 1 unspecified atom stereocenters. The van der Waals surface area contributed by atoms with E-state index in [9.17, 15) is 0 Å². The summed E-state index contributed by atoms with van der Waals surface area (Å²) in [4.78, 5) is 2.58. The fourth-order valence-electron chi connectivity index (χ4n) is 4.24. The van der Waals surface area contributed by atoms with Gasteiger partial charge in [-0.3, -0.25) is 0 Å². The van der Waals surface area contributed by atoms with Gasteiger partial charge in [-0.2, -0.15) is 0 Å². The van der Waals surface area contributed by atoms with Crippen LogP contribution < -0.4 is 0 Å². The third kappa shape index (κ3) is 2.70. The molecule has 0 aromatic carbocycles. The standard InChI is InChI=1S/C16H29NO2/c1-4-9-17-10-7-15(8-11-17)12-16(13-18-15)6-5-14(2,3)19-16/h4-13H2,1-3H3. The van der Waals surface area contributed by atoms with Gasteiger partial charge in [0.2, 0.25) is 0 Å². The van der Waals surface area contributed by atoms with Crippen LogP contribution in [0.2, 0.25) is 0 Å². The molecular formula is C16H29NO2. The normalized spacial score (nSPS) is 37.4. The lowest BCUT2D eigenvalue weighted by Crippen LogP contribution is -2.45. The minimum absolute atomic E-state index is 0.0381. The summed E-state index contributed by atoms with van der Waals surface area (Å²) in [7, 11) is 0. The highest BCUT2D eigenvalue weighted by Crippen LogP contribution is 2.50. The minimum atomic E-state index is 0.0381. The molecule has 1 atom stereocenters. The second-order valence-corrected chi connectivity index (χ2v) is 7.53. The molecule has 0 N–H and O–H groups in total. The summed E-state index contributed by atoms with van der Waals surface area (Å²) in [6, 6.07) is 0. The monoisotopic (exact) mass is 267 g/mol. The third-order valence-electron chi connectivity index (χ3n) is 5.27. The van der Waals surface area contributed by atoms with Crippen molar-refractivity contribution in [1.82, 2.24) is 4.90 Å². The Kier molecular flexibility index (Phi) is 3.43. The predicted octanol–water partition coefficient (Wildman–Crippen LogP) is 2.98. The number of likely N-dealkylation sites (tertiary alicyclic amines) is 1. The first-order chi connectivity index (χ1) is 8.97. The van der Waals surface area contributed by atoms with Crippen molar-refractivity contribution in [2.75, 3.05) is 26.2 Å². The van der Waals surface area contributed by atoms with Crippen LogP contribution >= 0.6 is 0 Å². The van der Waals surface area contributed by atoms with Gasteiger partial charge in [-0.25, -0.2) is 0 Å². The van der Waals surface area contributed by atoms with Gasteiger partial charge in [-0.1, -0.05) is 6.92 Å². The molecular weight excluding hydrogens is 238 g/mol. The van der Waals surface area contributed by atoms with Crippen LogP contribution in [0.5, 0.6) is 0 Å². The van der Waals surface area contributed by atoms with E-state index in [1.165, 1.54) is 51.7 Å². The molecule has 0 aromatic heterocycles. The number of piperidine rings is 1. The maximum absolute atomic E-state index is 6.36. The lowest BCUT2D eigenvalue weighted by atomic mass is 9.82. The zero-order valence-corrected chi connectivity index (χ0v) is 12.8. The quantitative estimate of drug-likeness (QED) is 0.768.